The van der Waals surface area contributed by atoms with Crippen molar-refractivity contribution in [2.45, 2.75) is 65.8 Å². The normalized spacial score (nSPS) is 22.1. The summed E-state index contributed by atoms with van der Waals surface area (Å²) in [7, 11) is 0. The minimum atomic E-state index is -0.583. The van der Waals surface area contributed by atoms with Crippen LogP contribution >= 0.6 is 0 Å². The summed E-state index contributed by atoms with van der Waals surface area (Å²) in [4.78, 5) is 14.0. The standard InChI is InChI=1S/C15H29NO2/c1-5-6-15(14(17)18)7-9-16(10-8-15)13(4)11-12(2)3/h12-13H,5-11H2,1-4H3,(H,17,18). The summed E-state index contributed by atoms with van der Waals surface area (Å²) in [5.74, 6) is 0.127. The van der Waals surface area contributed by atoms with Crippen molar-refractivity contribution < 1.29 is 9.90 Å². The molecule has 1 aliphatic heterocycles. The van der Waals surface area contributed by atoms with E-state index in [1.165, 1.54) is 6.42 Å². The fourth-order valence-electron chi connectivity index (χ4n) is 3.27. The quantitative estimate of drug-likeness (QED) is 0.791. The number of carboxylic acids is 1. The number of aliphatic carboxylic acids is 1. The maximum atomic E-state index is 11.5. The molecule has 0 radical (unpaired) electrons. The summed E-state index contributed by atoms with van der Waals surface area (Å²) in [6.45, 7) is 10.7. The summed E-state index contributed by atoms with van der Waals surface area (Å²) < 4.78 is 0. The molecular weight excluding hydrogens is 226 g/mol. The Morgan fingerprint density at radius 3 is 2.22 bits per heavy atom. The number of carboxylic acid groups (broad SMARTS) is 1. The Kier molecular flexibility index (Phi) is 5.64. The first kappa shape index (κ1) is 15.5. The molecule has 0 bridgehead atoms. The third-order valence-corrected chi connectivity index (χ3v) is 4.37. The lowest BCUT2D eigenvalue weighted by molar-refractivity contribution is -0.153. The number of rotatable bonds is 6. The van der Waals surface area contributed by atoms with Crippen LogP contribution in [0.4, 0.5) is 0 Å². The smallest absolute Gasteiger partial charge is 0.309 e. The van der Waals surface area contributed by atoms with Crippen LogP contribution in [-0.4, -0.2) is 35.1 Å². The molecule has 1 N–H and O–H groups in total. The minimum absolute atomic E-state index is 0.442. The fourth-order valence-corrected chi connectivity index (χ4v) is 3.27. The fraction of sp³-hybridized carbons (Fsp3) is 0.933. The van der Waals surface area contributed by atoms with Crippen molar-refractivity contribution in [3.63, 3.8) is 0 Å². The zero-order chi connectivity index (χ0) is 13.8. The van der Waals surface area contributed by atoms with E-state index in [-0.39, 0.29) is 0 Å². The maximum absolute atomic E-state index is 11.5. The molecule has 0 aromatic heterocycles. The van der Waals surface area contributed by atoms with Gasteiger partial charge >= 0.3 is 5.97 Å². The Bertz CT molecular complexity index is 268. The highest BCUT2D eigenvalue weighted by molar-refractivity contribution is 5.74. The number of nitrogens with zero attached hydrogens (tertiary/aromatic N) is 1. The van der Waals surface area contributed by atoms with Gasteiger partial charge in [-0.3, -0.25) is 4.79 Å². The zero-order valence-electron chi connectivity index (χ0n) is 12.4. The Morgan fingerprint density at radius 2 is 1.83 bits per heavy atom. The van der Waals surface area contributed by atoms with Gasteiger partial charge in [-0.05, 0) is 51.6 Å². The highest BCUT2D eigenvalue weighted by atomic mass is 16.4. The Hall–Kier alpha value is -0.570. The van der Waals surface area contributed by atoms with Gasteiger partial charge in [0.1, 0.15) is 0 Å². The van der Waals surface area contributed by atoms with Gasteiger partial charge in [-0.2, -0.15) is 0 Å². The van der Waals surface area contributed by atoms with Gasteiger partial charge in [0.15, 0.2) is 0 Å². The van der Waals surface area contributed by atoms with E-state index >= 15 is 0 Å². The molecule has 1 aliphatic rings. The van der Waals surface area contributed by atoms with Crippen molar-refractivity contribution >= 4 is 5.97 Å². The molecule has 18 heavy (non-hydrogen) atoms. The molecule has 1 atom stereocenters. The first-order valence-corrected chi connectivity index (χ1v) is 7.38. The molecule has 0 aromatic carbocycles. The molecule has 106 valence electrons. The van der Waals surface area contributed by atoms with E-state index in [0.717, 1.165) is 38.8 Å². The van der Waals surface area contributed by atoms with E-state index < -0.39 is 11.4 Å². The predicted molar refractivity (Wildman–Crippen MR) is 74.7 cm³/mol. The second kappa shape index (κ2) is 6.55. The third kappa shape index (κ3) is 3.71. The molecule has 0 aromatic rings. The highest BCUT2D eigenvalue weighted by Gasteiger charge is 2.41. The van der Waals surface area contributed by atoms with Gasteiger partial charge in [-0.25, -0.2) is 0 Å². The number of hydrogen-bond donors (Lipinski definition) is 1. The molecule has 1 heterocycles. The van der Waals surface area contributed by atoms with Crippen LogP contribution < -0.4 is 0 Å². The third-order valence-electron chi connectivity index (χ3n) is 4.37. The summed E-state index contributed by atoms with van der Waals surface area (Å²) in [5, 5.41) is 9.47. The van der Waals surface area contributed by atoms with Gasteiger partial charge < -0.3 is 10.0 Å². The molecular formula is C15H29NO2. The van der Waals surface area contributed by atoms with Crippen LogP contribution in [0.5, 0.6) is 0 Å². The van der Waals surface area contributed by atoms with E-state index in [1.807, 2.05) is 0 Å². The molecule has 1 fully saturated rings. The van der Waals surface area contributed by atoms with E-state index in [1.54, 1.807) is 0 Å². The van der Waals surface area contributed by atoms with E-state index in [0.29, 0.717) is 12.0 Å². The van der Waals surface area contributed by atoms with Crippen molar-refractivity contribution in [1.29, 1.82) is 0 Å². The molecule has 1 unspecified atom stereocenters. The second-order valence-electron chi connectivity index (χ2n) is 6.35. The molecule has 0 aliphatic carbocycles. The first-order valence-electron chi connectivity index (χ1n) is 7.38. The average molecular weight is 255 g/mol. The summed E-state index contributed by atoms with van der Waals surface area (Å²) >= 11 is 0. The predicted octanol–water partition coefficient (Wildman–Crippen LogP) is 3.39. The average Bonchev–Trinajstić information content (AvgIpc) is 2.29. The van der Waals surface area contributed by atoms with Crippen LogP contribution in [-0.2, 0) is 4.79 Å². The van der Waals surface area contributed by atoms with E-state index in [9.17, 15) is 9.90 Å². The molecule has 1 saturated heterocycles. The Labute approximate surface area is 112 Å². The highest BCUT2D eigenvalue weighted by Crippen LogP contribution is 2.37. The van der Waals surface area contributed by atoms with Crippen LogP contribution in [0.15, 0.2) is 0 Å². The Morgan fingerprint density at radius 1 is 1.28 bits per heavy atom. The minimum Gasteiger partial charge on any atom is -0.481 e. The van der Waals surface area contributed by atoms with Crippen LogP contribution in [0.25, 0.3) is 0 Å². The monoisotopic (exact) mass is 255 g/mol. The molecule has 3 heteroatoms. The van der Waals surface area contributed by atoms with Gasteiger partial charge in [-0.15, -0.1) is 0 Å². The van der Waals surface area contributed by atoms with Crippen molar-refractivity contribution in [2.75, 3.05) is 13.1 Å². The van der Waals surface area contributed by atoms with Crippen molar-refractivity contribution in [1.82, 2.24) is 4.90 Å². The number of piperidine rings is 1. The van der Waals surface area contributed by atoms with Crippen LogP contribution in [0.2, 0.25) is 0 Å². The van der Waals surface area contributed by atoms with Crippen molar-refractivity contribution in [3.8, 4) is 0 Å². The summed E-state index contributed by atoms with van der Waals surface area (Å²) in [5.41, 5.74) is -0.442. The largest absolute Gasteiger partial charge is 0.481 e. The van der Waals surface area contributed by atoms with Crippen molar-refractivity contribution in [2.24, 2.45) is 11.3 Å². The SMILES string of the molecule is CCCC1(C(=O)O)CCN(C(C)CC(C)C)CC1. The van der Waals surface area contributed by atoms with Gasteiger partial charge in [0.2, 0.25) is 0 Å². The molecule has 3 nitrogen and oxygen atoms in total. The van der Waals surface area contributed by atoms with Crippen LogP contribution in [0.1, 0.15) is 59.8 Å². The lowest BCUT2D eigenvalue weighted by Gasteiger charge is -2.41. The van der Waals surface area contributed by atoms with E-state index in [4.69, 9.17) is 0 Å². The van der Waals surface area contributed by atoms with Crippen molar-refractivity contribution in [3.05, 3.63) is 0 Å². The van der Waals surface area contributed by atoms with Gasteiger partial charge in [0.25, 0.3) is 0 Å². The number of hydrogen-bond acceptors (Lipinski definition) is 2. The number of likely N-dealkylation sites (tertiary alicyclic amines) is 1. The van der Waals surface area contributed by atoms with Crippen LogP contribution in [0.3, 0.4) is 0 Å². The second-order valence-corrected chi connectivity index (χ2v) is 6.35. The van der Waals surface area contributed by atoms with Gasteiger partial charge in [0, 0.05) is 6.04 Å². The van der Waals surface area contributed by atoms with E-state index in [2.05, 4.69) is 32.6 Å². The lowest BCUT2D eigenvalue weighted by atomic mass is 9.74. The summed E-state index contributed by atoms with van der Waals surface area (Å²) in [6, 6.07) is 0.582. The summed E-state index contributed by atoms with van der Waals surface area (Å²) in [6.07, 6.45) is 4.63. The van der Waals surface area contributed by atoms with Crippen LogP contribution in [0, 0.1) is 11.3 Å². The lowest BCUT2D eigenvalue weighted by Crippen LogP contribution is -2.47. The topological polar surface area (TPSA) is 40.5 Å². The number of carbonyl (C=O) groups is 1. The first-order chi connectivity index (χ1) is 8.41. The maximum Gasteiger partial charge on any atom is 0.309 e. The van der Waals surface area contributed by atoms with Gasteiger partial charge in [-0.1, -0.05) is 27.2 Å². The molecule has 1 rings (SSSR count). The van der Waals surface area contributed by atoms with Gasteiger partial charge in [0.05, 0.1) is 5.41 Å². The Balaban J connectivity index is 2.55. The molecule has 0 amide bonds. The molecule has 0 saturated carbocycles. The zero-order valence-corrected chi connectivity index (χ0v) is 12.4. The molecule has 0 spiro atoms.